The molecular weight excluding hydrogens is 416 g/mol. The molecule has 0 aliphatic rings. The van der Waals surface area contributed by atoms with Crippen LogP contribution < -0.4 is 10.6 Å². The molecule has 32 heavy (non-hydrogen) atoms. The lowest BCUT2D eigenvalue weighted by Gasteiger charge is -2.10. The fourth-order valence-electron chi connectivity index (χ4n) is 2.92. The summed E-state index contributed by atoms with van der Waals surface area (Å²) in [7, 11) is 0. The van der Waals surface area contributed by atoms with Gasteiger partial charge in [0.05, 0.1) is 15.5 Å². The van der Waals surface area contributed by atoms with Crippen LogP contribution in [-0.4, -0.2) is 21.7 Å². The van der Waals surface area contributed by atoms with Gasteiger partial charge < -0.3 is 10.6 Å². The molecule has 0 aromatic heterocycles. The minimum absolute atomic E-state index is 0.0742. The van der Waals surface area contributed by atoms with Gasteiger partial charge in [0.1, 0.15) is 0 Å². The number of carbonyl (C=O) groups is 2. The second-order valence-corrected chi connectivity index (χ2v) is 7.00. The van der Waals surface area contributed by atoms with Gasteiger partial charge in [0.2, 0.25) is 0 Å². The maximum Gasteiger partial charge on any atom is 0.271 e. The molecule has 162 valence electrons. The number of anilines is 2. The molecular formula is C22H18N4O6. The molecule has 0 atom stereocenters. The summed E-state index contributed by atoms with van der Waals surface area (Å²) in [6.45, 7) is 3.36. The number of nitrogens with zero attached hydrogens (tertiary/aromatic N) is 2. The normalized spacial score (nSPS) is 10.3. The molecule has 3 rings (SSSR count). The van der Waals surface area contributed by atoms with E-state index in [0.717, 1.165) is 0 Å². The van der Waals surface area contributed by atoms with Gasteiger partial charge in [-0.25, -0.2) is 0 Å². The van der Waals surface area contributed by atoms with Crippen LogP contribution >= 0.6 is 0 Å². The fraction of sp³-hybridized carbons (Fsp3) is 0.0909. The first-order chi connectivity index (χ1) is 15.2. The van der Waals surface area contributed by atoms with Crippen molar-refractivity contribution in [2.75, 3.05) is 10.6 Å². The smallest absolute Gasteiger partial charge is 0.271 e. The lowest BCUT2D eigenvalue weighted by molar-refractivity contribution is -0.385. The van der Waals surface area contributed by atoms with Gasteiger partial charge in [-0.1, -0.05) is 6.07 Å². The van der Waals surface area contributed by atoms with Crippen molar-refractivity contribution in [2.45, 2.75) is 13.8 Å². The van der Waals surface area contributed by atoms with E-state index >= 15 is 0 Å². The fourth-order valence-corrected chi connectivity index (χ4v) is 2.92. The Morgan fingerprint density at radius 3 is 1.62 bits per heavy atom. The van der Waals surface area contributed by atoms with E-state index < -0.39 is 21.7 Å². The Morgan fingerprint density at radius 2 is 1.12 bits per heavy atom. The summed E-state index contributed by atoms with van der Waals surface area (Å²) in [5, 5.41) is 27.1. The van der Waals surface area contributed by atoms with E-state index in [2.05, 4.69) is 10.6 Å². The molecule has 0 saturated heterocycles. The number of hydrogen-bond acceptors (Lipinski definition) is 6. The zero-order valence-corrected chi connectivity index (χ0v) is 17.1. The molecule has 0 radical (unpaired) electrons. The Kier molecular flexibility index (Phi) is 6.24. The van der Waals surface area contributed by atoms with E-state index in [4.69, 9.17) is 0 Å². The van der Waals surface area contributed by atoms with E-state index in [1.165, 1.54) is 54.6 Å². The van der Waals surface area contributed by atoms with Gasteiger partial charge in [0.25, 0.3) is 23.2 Å². The van der Waals surface area contributed by atoms with E-state index in [9.17, 15) is 29.8 Å². The monoisotopic (exact) mass is 434 g/mol. The molecule has 2 N–H and O–H groups in total. The maximum atomic E-state index is 12.5. The van der Waals surface area contributed by atoms with Crippen LogP contribution in [0, 0.1) is 34.1 Å². The molecule has 3 aromatic rings. The highest BCUT2D eigenvalue weighted by Crippen LogP contribution is 2.23. The van der Waals surface area contributed by atoms with Gasteiger partial charge in [0.15, 0.2) is 0 Å². The predicted molar refractivity (Wildman–Crippen MR) is 118 cm³/mol. The van der Waals surface area contributed by atoms with Crippen molar-refractivity contribution in [3.8, 4) is 0 Å². The van der Waals surface area contributed by atoms with Crippen molar-refractivity contribution in [1.29, 1.82) is 0 Å². The highest BCUT2D eigenvalue weighted by Gasteiger charge is 2.15. The van der Waals surface area contributed by atoms with Gasteiger partial charge >= 0.3 is 0 Å². The van der Waals surface area contributed by atoms with Gasteiger partial charge in [-0.15, -0.1) is 0 Å². The average Bonchev–Trinajstić information content (AvgIpc) is 2.76. The molecule has 0 bridgehead atoms. The zero-order valence-electron chi connectivity index (χ0n) is 17.1. The van der Waals surface area contributed by atoms with Crippen LogP contribution in [0.15, 0.2) is 60.7 Å². The van der Waals surface area contributed by atoms with Crippen molar-refractivity contribution in [2.24, 2.45) is 0 Å². The topological polar surface area (TPSA) is 144 Å². The molecule has 0 saturated carbocycles. The molecule has 2 amide bonds. The van der Waals surface area contributed by atoms with Gasteiger partial charge in [0, 0.05) is 41.1 Å². The number of nitrogens with one attached hydrogen (secondary N) is 2. The quantitative estimate of drug-likeness (QED) is 0.428. The SMILES string of the molecule is Cc1cc([N+](=O)[O-])ccc1NC(=O)c1ccc(C(=O)Nc2cc([N+](=O)[O-])ccc2C)cc1. The molecule has 10 heteroatoms. The van der Waals surface area contributed by atoms with Crippen molar-refractivity contribution in [1.82, 2.24) is 0 Å². The summed E-state index contributed by atoms with van der Waals surface area (Å²) in [5.74, 6) is -0.921. The van der Waals surface area contributed by atoms with Crippen molar-refractivity contribution in [3.63, 3.8) is 0 Å². The molecule has 10 nitrogen and oxygen atoms in total. The van der Waals surface area contributed by atoms with Crippen LogP contribution in [0.5, 0.6) is 0 Å². The van der Waals surface area contributed by atoms with E-state index in [0.29, 0.717) is 22.5 Å². The molecule has 0 aliphatic heterocycles. The molecule has 0 spiro atoms. The lowest BCUT2D eigenvalue weighted by Crippen LogP contribution is -2.15. The van der Waals surface area contributed by atoms with E-state index in [-0.39, 0.29) is 22.5 Å². The first-order valence-electron chi connectivity index (χ1n) is 9.38. The summed E-state index contributed by atoms with van der Waals surface area (Å²) in [4.78, 5) is 45.7. The van der Waals surface area contributed by atoms with Crippen LogP contribution in [0.1, 0.15) is 31.8 Å². The van der Waals surface area contributed by atoms with Crippen molar-refractivity contribution in [3.05, 3.63) is 103 Å². The Hall–Kier alpha value is -4.60. The number of aryl methyl sites for hydroxylation is 2. The van der Waals surface area contributed by atoms with Crippen molar-refractivity contribution >= 4 is 34.6 Å². The number of nitro groups is 2. The third-order valence-electron chi connectivity index (χ3n) is 4.76. The standard InChI is InChI=1S/C22H18N4O6/c1-13-3-8-18(26(31)32)12-20(13)24-22(28)16-6-4-15(5-7-16)21(27)23-19-10-9-17(25(29)30)11-14(19)2/h3-12H,1-2H3,(H,23,27)(H,24,28). The van der Waals surface area contributed by atoms with Crippen LogP contribution in [0.3, 0.4) is 0 Å². The number of non-ortho nitro benzene ring substituents is 2. The number of carbonyl (C=O) groups excluding carboxylic acids is 2. The number of amides is 2. The highest BCUT2D eigenvalue weighted by atomic mass is 16.6. The molecule has 0 heterocycles. The summed E-state index contributed by atoms with van der Waals surface area (Å²) in [6, 6.07) is 14.1. The summed E-state index contributed by atoms with van der Waals surface area (Å²) < 4.78 is 0. The van der Waals surface area contributed by atoms with Crippen LogP contribution in [-0.2, 0) is 0 Å². The maximum absolute atomic E-state index is 12.5. The third-order valence-corrected chi connectivity index (χ3v) is 4.76. The molecule has 3 aromatic carbocycles. The zero-order chi connectivity index (χ0) is 23.4. The highest BCUT2D eigenvalue weighted by molar-refractivity contribution is 6.07. The van der Waals surface area contributed by atoms with Crippen LogP contribution in [0.4, 0.5) is 22.7 Å². The average molecular weight is 434 g/mol. The number of hydrogen-bond donors (Lipinski definition) is 2. The molecule has 0 fully saturated rings. The first-order valence-corrected chi connectivity index (χ1v) is 9.38. The molecule has 0 unspecified atom stereocenters. The van der Waals surface area contributed by atoms with Gasteiger partial charge in [-0.3, -0.25) is 29.8 Å². The van der Waals surface area contributed by atoms with Crippen LogP contribution in [0.25, 0.3) is 0 Å². The number of nitro benzene ring substituents is 2. The predicted octanol–water partition coefficient (Wildman–Crippen LogP) is 4.62. The second-order valence-electron chi connectivity index (χ2n) is 7.00. The Morgan fingerprint density at radius 1 is 0.656 bits per heavy atom. The summed E-state index contributed by atoms with van der Waals surface area (Å²) in [6.07, 6.45) is 0. The van der Waals surface area contributed by atoms with Gasteiger partial charge in [-0.05, 0) is 55.3 Å². The summed E-state index contributed by atoms with van der Waals surface area (Å²) >= 11 is 0. The lowest BCUT2D eigenvalue weighted by atomic mass is 10.1. The minimum Gasteiger partial charge on any atom is -0.322 e. The number of benzene rings is 3. The minimum atomic E-state index is -0.546. The largest absolute Gasteiger partial charge is 0.322 e. The Bertz CT molecular complexity index is 1240. The Labute approximate surface area is 182 Å². The second kappa shape index (κ2) is 9.04. The van der Waals surface area contributed by atoms with Gasteiger partial charge in [-0.2, -0.15) is 0 Å². The van der Waals surface area contributed by atoms with E-state index in [1.807, 2.05) is 0 Å². The molecule has 0 aliphatic carbocycles. The van der Waals surface area contributed by atoms with E-state index in [1.54, 1.807) is 19.9 Å². The summed E-state index contributed by atoms with van der Waals surface area (Å²) in [5.41, 5.74) is 2.29. The first kappa shape index (κ1) is 22.1. The van der Waals surface area contributed by atoms with Crippen molar-refractivity contribution < 1.29 is 19.4 Å². The number of rotatable bonds is 6. The Balaban J connectivity index is 1.71. The van der Waals surface area contributed by atoms with Crippen LogP contribution in [0.2, 0.25) is 0 Å². The third kappa shape index (κ3) is 4.93.